The molecule has 0 spiro atoms. The summed E-state index contributed by atoms with van der Waals surface area (Å²) in [5.41, 5.74) is 1.07. The molecule has 0 aliphatic carbocycles. The van der Waals surface area contributed by atoms with E-state index >= 15 is 0 Å². The van der Waals surface area contributed by atoms with E-state index in [1.165, 1.54) is 30.5 Å². The van der Waals surface area contributed by atoms with Crippen molar-refractivity contribution in [3.8, 4) is 28.6 Å². The summed E-state index contributed by atoms with van der Waals surface area (Å²) in [6.07, 6.45) is -2.61. The molecule has 1 aromatic carbocycles. The van der Waals surface area contributed by atoms with Gasteiger partial charge in [-0.25, -0.2) is 9.78 Å². The van der Waals surface area contributed by atoms with Crippen molar-refractivity contribution >= 4 is 5.97 Å². The van der Waals surface area contributed by atoms with E-state index in [1.54, 1.807) is 23.6 Å². The average Bonchev–Trinajstić information content (AvgIpc) is 3.29. The smallest absolute Gasteiger partial charge is 0.463 e. The van der Waals surface area contributed by atoms with Gasteiger partial charge in [-0.3, -0.25) is 0 Å². The minimum atomic E-state index is -4.77. The second-order valence-electron chi connectivity index (χ2n) is 6.05. The molecule has 3 aromatic rings. The van der Waals surface area contributed by atoms with Gasteiger partial charge >= 0.3 is 12.3 Å². The number of esters is 1. The SMILES string of the molecule is CCCn1c(-c2ccc(OC(F)(F)F)cc2)nc(-c2ccco2)c1C(=O)OCC. The van der Waals surface area contributed by atoms with E-state index in [4.69, 9.17) is 9.15 Å². The molecule has 0 aliphatic heterocycles. The second kappa shape index (κ2) is 8.42. The number of furan rings is 1. The van der Waals surface area contributed by atoms with Gasteiger partial charge < -0.3 is 18.5 Å². The lowest BCUT2D eigenvalue weighted by molar-refractivity contribution is -0.274. The van der Waals surface area contributed by atoms with Gasteiger partial charge in [0.05, 0.1) is 12.9 Å². The summed E-state index contributed by atoms with van der Waals surface area (Å²) in [6.45, 7) is 4.28. The molecule has 2 aromatic heterocycles. The Balaban J connectivity index is 2.10. The summed E-state index contributed by atoms with van der Waals surface area (Å²) in [5, 5.41) is 0. The van der Waals surface area contributed by atoms with Gasteiger partial charge in [-0.1, -0.05) is 6.92 Å². The van der Waals surface area contributed by atoms with Crippen molar-refractivity contribution < 1.29 is 31.9 Å². The van der Waals surface area contributed by atoms with Crippen LogP contribution in [0, 0.1) is 0 Å². The van der Waals surface area contributed by atoms with Gasteiger partial charge in [-0.2, -0.15) is 0 Å². The summed E-state index contributed by atoms with van der Waals surface area (Å²) in [7, 11) is 0. The molecule has 3 rings (SSSR count). The molecule has 2 heterocycles. The molecule has 0 radical (unpaired) electrons. The van der Waals surface area contributed by atoms with Crippen molar-refractivity contribution in [3.63, 3.8) is 0 Å². The van der Waals surface area contributed by atoms with Crippen LogP contribution < -0.4 is 4.74 Å². The second-order valence-corrected chi connectivity index (χ2v) is 6.05. The van der Waals surface area contributed by atoms with Crippen molar-refractivity contribution in [1.29, 1.82) is 0 Å². The molecule has 0 fully saturated rings. The van der Waals surface area contributed by atoms with E-state index in [-0.39, 0.29) is 18.1 Å². The Kier molecular flexibility index (Phi) is 5.95. The van der Waals surface area contributed by atoms with E-state index in [1.807, 2.05) is 6.92 Å². The van der Waals surface area contributed by atoms with E-state index in [0.717, 1.165) is 0 Å². The number of carbonyl (C=O) groups is 1. The lowest BCUT2D eigenvalue weighted by atomic mass is 10.2. The molecule has 0 unspecified atom stereocenters. The molecule has 6 nitrogen and oxygen atoms in total. The van der Waals surface area contributed by atoms with Gasteiger partial charge in [0.25, 0.3) is 0 Å². The van der Waals surface area contributed by atoms with Crippen LogP contribution in [0.1, 0.15) is 30.8 Å². The molecule has 0 saturated carbocycles. The third-order valence-electron chi connectivity index (χ3n) is 3.98. The van der Waals surface area contributed by atoms with Crippen LogP contribution in [-0.4, -0.2) is 28.5 Å². The van der Waals surface area contributed by atoms with Crippen LogP contribution in [0.15, 0.2) is 47.1 Å². The minimum absolute atomic E-state index is 0.187. The fourth-order valence-corrected chi connectivity index (χ4v) is 2.91. The van der Waals surface area contributed by atoms with Gasteiger partial charge in [0.1, 0.15) is 17.3 Å². The van der Waals surface area contributed by atoms with Crippen molar-refractivity contribution in [2.75, 3.05) is 6.61 Å². The summed E-state index contributed by atoms with van der Waals surface area (Å²) >= 11 is 0. The van der Waals surface area contributed by atoms with Crippen LogP contribution in [0.25, 0.3) is 22.8 Å². The van der Waals surface area contributed by atoms with Crippen LogP contribution in [0.5, 0.6) is 5.75 Å². The van der Waals surface area contributed by atoms with Crippen molar-refractivity contribution in [3.05, 3.63) is 48.4 Å². The number of alkyl halides is 3. The number of imidazole rings is 1. The standard InChI is InChI=1S/C20H19F3N2O4/c1-3-11-25-17(19(26)27-4-2)16(15-6-5-12-28-15)24-18(25)13-7-9-14(10-8-13)29-20(21,22)23/h5-10,12H,3-4,11H2,1-2H3. The van der Waals surface area contributed by atoms with Gasteiger partial charge in [-0.05, 0) is 49.7 Å². The fourth-order valence-electron chi connectivity index (χ4n) is 2.91. The molecule has 154 valence electrons. The zero-order valence-electron chi connectivity index (χ0n) is 15.8. The third kappa shape index (κ3) is 4.61. The molecule has 0 bridgehead atoms. The summed E-state index contributed by atoms with van der Waals surface area (Å²) in [4.78, 5) is 17.2. The maximum Gasteiger partial charge on any atom is 0.573 e. The number of benzene rings is 1. The maximum absolute atomic E-state index is 12.6. The Hall–Kier alpha value is -3.23. The highest BCUT2D eigenvalue weighted by Gasteiger charge is 2.31. The first-order valence-corrected chi connectivity index (χ1v) is 9.01. The lowest BCUT2D eigenvalue weighted by Crippen LogP contribution is -2.17. The summed E-state index contributed by atoms with van der Waals surface area (Å²) < 4.78 is 53.4. The van der Waals surface area contributed by atoms with Crippen molar-refractivity contribution in [1.82, 2.24) is 9.55 Å². The van der Waals surface area contributed by atoms with Gasteiger partial charge in [0.2, 0.25) is 0 Å². The largest absolute Gasteiger partial charge is 0.573 e. The predicted molar refractivity (Wildman–Crippen MR) is 98.3 cm³/mol. The zero-order chi connectivity index (χ0) is 21.0. The van der Waals surface area contributed by atoms with Crippen molar-refractivity contribution in [2.24, 2.45) is 0 Å². The molecule has 29 heavy (non-hydrogen) atoms. The van der Waals surface area contributed by atoms with Crippen molar-refractivity contribution in [2.45, 2.75) is 33.2 Å². The van der Waals surface area contributed by atoms with Gasteiger partial charge in [0, 0.05) is 12.1 Å². The Morgan fingerprint density at radius 1 is 1.17 bits per heavy atom. The van der Waals surface area contributed by atoms with Crippen LogP contribution in [0.3, 0.4) is 0 Å². The van der Waals surface area contributed by atoms with Gasteiger partial charge in [0.15, 0.2) is 11.5 Å². The Morgan fingerprint density at radius 2 is 1.90 bits per heavy atom. The molecule has 0 N–H and O–H groups in total. The maximum atomic E-state index is 12.6. The highest BCUT2D eigenvalue weighted by molar-refractivity contribution is 5.95. The number of nitrogens with zero attached hydrogens (tertiary/aromatic N) is 2. The number of hydrogen-bond acceptors (Lipinski definition) is 5. The Labute approximate surface area is 164 Å². The zero-order valence-corrected chi connectivity index (χ0v) is 15.8. The quantitative estimate of drug-likeness (QED) is 0.497. The first-order valence-electron chi connectivity index (χ1n) is 9.01. The molecule has 9 heteroatoms. The molecular formula is C20H19F3N2O4. The number of aromatic nitrogens is 2. The summed E-state index contributed by atoms with van der Waals surface area (Å²) in [6, 6.07) is 8.65. The minimum Gasteiger partial charge on any atom is -0.463 e. The fraction of sp³-hybridized carbons (Fsp3) is 0.300. The normalized spacial score (nSPS) is 11.5. The lowest BCUT2D eigenvalue weighted by Gasteiger charge is -2.12. The Morgan fingerprint density at radius 3 is 2.45 bits per heavy atom. The third-order valence-corrected chi connectivity index (χ3v) is 3.98. The van der Waals surface area contributed by atoms with Gasteiger partial charge in [-0.15, -0.1) is 13.2 Å². The van der Waals surface area contributed by atoms with E-state index in [2.05, 4.69) is 9.72 Å². The Bertz CT molecular complexity index is 961. The van der Waals surface area contributed by atoms with Crippen LogP contribution in [-0.2, 0) is 11.3 Å². The average molecular weight is 408 g/mol. The monoisotopic (exact) mass is 408 g/mol. The van der Waals surface area contributed by atoms with Crippen LogP contribution >= 0.6 is 0 Å². The topological polar surface area (TPSA) is 66.5 Å². The van der Waals surface area contributed by atoms with E-state index in [0.29, 0.717) is 35.8 Å². The number of halogens is 3. The molecule has 0 saturated heterocycles. The van der Waals surface area contributed by atoms with Crippen LogP contribution in [0.4, 0.5) is 13.2 Å². The number of ether oxygens (including phenoxy) is 2. The first kappa shape index (κ1) is 20.5. The number of rotatable bonds is 7. The van der Waals surface area contributed by atoms with E-state index < -0.39 is 12.3 Å². The summed E-state index contributed by atoms with van der Waals surface area (Å²) in [5.74, 6) is -0.0871. The molecular weight excluding hydrogens is 389 g/mol. The number of carbonyl (C=O) groups excluding carboxylic acids is 1. The molecule has 0 aliphatic rings. The highest BCUT2D eigenvalue weighted by Crippen LogP contribution is 2.32. The number of hydrogen-bond donors (Lipinski definition) is 0. The molecule has 0 amide bonds. The highest BCUT2D eigenvalue weighted by atomic mass is 19.4. The van der Waals surface area contributed by atoms with E-state index in [9.17, 15) is 18.0 Å². The first-order chi connectivity index (χ1) is 13.8. The molecule has 0 atom stereocenters. The van der Waals surface area contributed by atoms with Crippen LogP contribution in [0.2, 0.25) is 0 Å². The predicted octanol–water partition coefficient (Wildman–Crippen LogP) is 5.30.